The lowest BCUT2D eigenvalue weighted by Crippen LogP contribution is -2.39. The molecule has 2 atom stereocenters. The molecule has 1 aromatic carbocycles. The van der Waals surface area contributed by atoms with Crippen LogP contribution in [0.3, 0.4) is 0 Å². The molecule has 2 aromatic rings. The van der Waals surface area contributed by atoms with Crippen LogP contribution in [-0.2, 0) is 6.54 Å². The van der Waals surface area contributed by atoms with Gasteiger partial charge in [0.1, 0.15) is 0 Å². The van der Waals surface area contributed by atoms with Gasteiger partial charge in [0.25, 0.3) is 0 Å². The predicted octanol–water partition coefficient (Wildman–Crippen LogP) is 5.32. The van der Waals surface area contributed by atoms with E-state index in [1.54, 1.807) is 0 Å². The molecule has 0 saturated heterocycles. The molecule has 1 aliphatic rings. The molecule has 1 N–H and O–H groups in total. The molecule has 1 aliphatic carbocycles. The van der Waals surface area contributed by atoms with Gasteiger partial charge in [0, 0.05) is 32.8 Å². The molecule has 0 spiro atoms. The molecule has 20 heavy (non-hydrogen) atoms. The molecule has 1 aromatic heterocycles. The lowest BCUT2D eigenvalue weighted by molar-refractivity contribution is 0.384. The molecule has 0 radical (unpaired) electrons. The molecule has 2 unspecified atom stereocenters. The van der Waals surface area contributed by atoms with Gasteiger partial charge in [-0.25, -0.2) is 0 Å². The van der Waals surface area contributed by atoms with Gasteiger partial charge in [0.15, 0.2) is 0 Å². The van der Waals surface area contributed by atoms with Crippen molar-refractivity contribution in [2.45, 2.75) is 43.5 Å². The molecule has 4 heteroatoms. The van der Waals surface area contributed by atoms with E-state index in [0.717, 1.165) is 16.8 Å². The highest BCUT2D eigenvalue weighted by molar-refractivity contribution is 7.99. The SMILES string of the molecule is CSC1CCCCC1NCc1sc2ccccc2c1Cl. The average molecular weight is 326 g/mol. The van der Waals surface area contributed by atoms with E-state index < -0.39 is 0 Å². The first-order chi connectivity index (χ1) is 9.79. The minimum Gasteiger partial charge on any atom is -0.308 e. The number of rotatable bonds is 4. The van der Waals surface area contributed by atoms with Gasteiger partial charge in [-0.2, -0.15) is 11.8 Å². The van der Waals surface area contributed by atoms with Crippen LogP contribution in [0.1, 0.15) is 30.6 Å². The zero-order valence-electron chi connectivity index (χ0n) is 11.7. The zero-order chi connectivity index (χ0) is 13.9. The third kappa shape index (κ3) is 3.01. The van der Waals surface area contributed by atoms with Crippen molar-refractivity contribution in [1.82, 2.24) is 5.32 Å². The molecule has 1 saturated carbocycles. The minimum atomic E-state index is 0.639. The number of fused-ring (bicyclic) bond motifs is 1. The number of hydrogen-bond donors (Lipinski definition) is 1. The fraction of sp³-hybridized carbons (Fsp3) is 0.500. The first-order valence-electron chi connectivity index (χ1n) is 7.21. The quantitative estimate of drug-likeness (QED) is 0.816. The van der Waals surface area contributed by atoms with Crippen LogP contribution in [-0.4, -0.2) is 17.5 Å². The van der Waals surface area contributed by atoms with E-state index in [2.05, 4.69) is 35.8 Å². The number of thiophene rings is 1. The summed E-state index contributed by atoms with van der Waals surface area (Å²) in [6, 6.07) is 9.05. The molecule has 3 rings (SSSR count). The van der Waals surface area contributed by atoms with Gasteiger partial charge < -0.3 is 5.32 Å². The van der Waals surface area contributed by atoms with Crippen molar-refractivity contribution in [3.05, 3.63) is 34.2 Å². The largest absolute Gasteiger partial charge is 0.308 e. The second-order valence-electron chi connectivity index (χ2n) is 5.38. The van der Waals surface area contributed by atoms with Gasteiger partial charge in [-0.1, -0.05) is 42.6 Å². The predicted molar refractivity (Wildman–Crippen MR) is 93.2 cm³/mol. The molecule has 1 fully saturated rings. The molecule has 0 bridgehead atoms. The summed E-state index contributed by atoms with van der Waals surface area (Å²) in [5, 5.41) is 6.64. The van der Waals surface area contributed by atoms with Gasteiger partial charge in [0.2, 0.25) is 0 Å². The van der Waals surface area contributed by atoms with Crippen molar-refractivity contribution in [2.75, 3.05) is 6.26 Å². The molecule has 1 nitrogen and oxygen atoms in total. The van der Waals surface area contributed by atoms with Crippen LogP contribution in [0.4, 0.5) is 0 Å². The lowest BCUT2D eigenvalue weighted by Gasteiger charge is -2.31. The summed E-state index contributed by atoms with van der Waals surface area (Å²) in [6.45, 7) is 0.903. The fourth-order valence-electron chi connectivity index (χ4n) is 3.01. The normalized spacial score (nSPS) is 23.3. The number of thioether (sulfide) groups is 1. The minimum absolute atomic E-state index is 0.639. The topological polar surface area (TPSA) is 12.0 Å². The van der Waals surface area contributed by atoms with Crippen molar-refractivity contribution in [2.24, 2.45) is 0 Å². The smallest absolute Gasteiger partial charge is 0.0636 e. The fourth-order valence-corrected chi connectivity index (χ4v) is 5.43. The molecular weight excluding hydrogens is 306 g/mol. The third-order valence-corrected chi connectivity index (χ3v) is 7.02. The van der Waals surface area contributed by atoms with Gasteiger partial charge >= 0.3 is 0 Å². The van der Waals surface area contributed by atoms with Crippen molar-refractivity contribution < 1.29 is 0 Å². The van der Waals surface area contributed by atoms with Crippen LogP contribution >= 0.6 is 34.7 Å². The number of hydrogen-bond acceptors (Lipinski definition) is 3. The Morgan fingerprint density at radius 3 is 2.90 bits per heavy atom. The van der Waals surface area contributed by atoms with Crippen molar-refractivity contribution >= 4 is 44.8 Å². The van der Waals surface area contributed by atoms with Crippen LogP contribution in [0.2, 0.25) is 5.02 Å². The van der Waals surface area contributed by atoms with E-state index in [1.165, 1.54) is 40.6 Å². The maximum Gasteiger partial charge on any atom is 0.0636 e. The van der Waals surface area contributed by atoms with Crippen molar-refractivity contribution in [1.29, 1.82) is 0 Å². The van der Waals surface area contributed by atoms with Gasteiger partial charge in [0.05, 0.1) is 5.02 Å². The van der Waals surface area contributed by atoms with Crippen LogP contribution in [0.15, 0.2) is 24.3 Å². The van der Waals surface area contributed by atoms with E-state index >= 15 is 0 Å². The molecule has 108 valence electrons. The summed E-state index contributed by atoms with van der Waals surface area (Å²) in [5.74, 6) is 0. The second kappa shape index (κ2) is 6.69. The Hall–Kier alpha value is -0.220. The van der Waals surface area contributed by atoms with Gasteiger partial charge in [-0.3, -0.25) is 0 Å². The first-order valence-corrected chi connectivity index (χ1v) is 9.70. The van der Waals surface area contributed by atoms with Crippen LogP contribution in [0.25, 0.3) is 10.1 Å². The number of nitrogens with one attached hydrogen (secondary N) is 1. The summed E-state index contributed by atoms with van der Waals surface area (Å²) < 4.78 is 1.29. The van der Waals surface area contributed by atoms with E-state index in [1.807, 2.05) is 23.1 Å². The zero-order valence-corrected chi connectivity index (χ0v) is 14.1. The average Bonchev–Trinajstić information content (AvgIpc) is 2.82. The summed E-state index contributed by atoms with van der Waals surface area (Å²) >= 11 is 10.3. The Balaban J connectivity index is 1.71. The third-order valence-electron chi connectivity index (χ3n) is 4.13. The number of halogens is 1. The van der Waals surface area contributed by atoms with Gasteiger partial charge in [-0.05, 0) is 25.2 Å². The van der Waals surface area contributed by atoms with Gasteiger partial charge in [-0.15, -0.1) is 11.3 Å². The molecule has 1 heterocycles. The summed E-state index contributed by atoms with van der Waals surface area (Å²) in [7, 11) is 0. The van der Waals surface area contributed by atoms with Crippen LogP contribution in [0.5, 0.6) is 0 Å². The maximum absolute atomic E-state index is 6.51. The highest BCUT2D eigenvalue weighted by atomic mass is 35.5. The second-order valence-corrected chi connectivity index (χ2v) is 7.97. The molecule has 0 amide bonds. The molecular formula is C16H20ClNS2. The van der Waals surface area contributed by atoms with Crippen LogP contribution in [0, 0.1) is 0 Å². The lowest BCUT2D eigenvalue weighted by atomic mass is 9.95. The standard InChI is InChI=1S/C16H20ClNS2/c1-19-14-9-5-3-7-12(14)18-10-15-16(17)11-6-2-4-8-13(11)20-15/h2,4,6,8,12,14,18H,3,5,7,9-10H2,1H3. The van der Waals surface area contributed by atoms with E-state index in [0.29, 0.717) is 6.04 Å². The van der Waals surface area contributed by atoms with Crippen molar-refractivity contribution in [3.63, 3.8) is 0 Å². The van der Waals surface area contributed by atoms with Crippen LogP contribution < -0.4 is 5.32 Å². The van der Waals surface area contributed by atoms with E-state index in [4.69, 9.17) is 11.6 Å². The monoisotopic (exact) mass is 325 g/mol. The Bertz CT molecular complexity index is 581. The summed E-state index contributed by atoms with van der Waals surface area (Å²) in [5.41, 5.74) is 0. The summed E-state index contributed by atoms with van der Waals surface area (Å²) in [6.07, 6.45) is 7.62. The van der Waals surface area contributed by atoms with Crippen molar-refractivity contribution in [3.8, 4) is 0 Å². The van der Waals surface area contributed by atoms with E-state index in [-0.39, 0.29) is 0 Å². The molecule has 0 aliphatic heterocycles. The Kier molecular flexibility index (Phi) is 4.92. The Labute approximate surface area is 134 Å². The Morgan fingerprint density at radius 2 is 2.10 bits per heavy atom. The van der Waals surface area contributed by atoms with E-state index in [9.17, 15) is 0 Å². The number of benzene rings is 1. The first kappa shape index (κ1) is 14.7. The highest BCUT2D eigenvalue weighted by Gasteiger charge is 2.24. The highest BCUT2D eigenvalue weighted by Crippen LogP contribution is 2.35. The summed E-state index contributed by atoms with van der Waals surface area (Å²) in [4.78, 5) is 1.28. The Morgan fingerprint density at radius 1 is 1.30 bits per heavy atom. The maximum atomic E-state index is 6.51.